The molecule has 0 aromatic heterocycles. The van der Waals surface area contributed by atoms with Crippen LogP contribution in [0.25, 0.3) is 0 Å². The monoisotopic (exact) mass is 262 g/mol. The van der Waals surface area contributed by atoms with Crippen molar-refractivity contribution >= 4 is 17.9 Å². The number of likely N-dealkylation sites (tertiary alicyclic amines) is 1. The lowest BCUT2D eigenvalue weighted by Gasteiger charge is -2.37. The number of carbonyl (C=O) groups excluding carboxylic acids is 2. The number of carboxylic acids is 1. The van der Waals surface area contributed by atoms with Crippen LogP contribution < -0.4 is 5.32 Å². The second kappa shape index (κ2) is 5.51. The minimum atomic E-state index is -1.02. The number of rotatable bonds is 4. The number of carbonyl (C=O) groups is 3. The quantitative estimate of drug-likeness (QED) is 0.792. The van der Waals surface area contributed by atoms with Gasteiger partial charge in [-0.2, -0.15) is 0 Å². The first kappa shape index (κ1) is 13.1. The molecule has 1 aromatic rings. The summed E-state index contributed by atoms with van der Waals surface area (Å²) in [6, 6.07) is 8.21. The van der Waals surface area contributed by atoms with Crippen LogP contribution >= 0.6 is 0 Å². The van der Waals surface area contributed by atoms with Crippen molar-refractivity contribution < 1.29 is 19.5 Å². The van der Waals surface area contributed by atoms with Gasteiger partial charge in [0, 0.05) is 13.0 Å². The molecule has 6 heteroatoms. The van der Waals surface area contributed by atoms with Crippen LogP contribution in [0.4, 0.5) is 4.79 Å². The van der Waals surface area contributed by atoms with Crippen LogP contribution in [-0.4, -0.2) is 34.0 Å². The van der Waals surface area contributed by atoms with Crippen LogP contribution in [0.5, 0.6) is 0 Å². The van der Waals surface area contributed by atoms with Gasteiger partial charge in [0.25, 0.3) is 0 Å². The Morgan fingerprint density at radius 1 is 1.32 bits per heavy atom. The van der Waals surface area contributed by atoms with Gasteiger partial charge in [0.1, 0.15) is 0 Å². The molecule has 1 saturated heterocycles. The van der Waals surface area contributed by atoms with E-state index in [1.54, 1.807) is 0 Å². The fourth-order valence-corrected chi connectivity index (χ4v) is 1.99. The maximum absolute atomic E-state index is 11.8. The Kier molecular flexibility index (Phi) is 3.79. The van der Waals surface area contributed by atoms with Gasteiger partial charge < -0.3 is 10.4 Å². The van der Waals surface area contributed by atoms with Crippen LogP contribution in [0.2, 0.25) is 0 Å². The van der Waals surface area contributed by atoms with Crippen molar-refractivity contribution in [1.82, 2.24) is 10.2 Å². The number of imide groups is 1. The molecule has 1 aliphatic heterocycles. The summed E-state index contributed by atoms with van der Waals surface area (Å²) in [5.74, 6) is -1.35. The highest BCUT2D eigenvalue weighted by atomic mass is 16.4. The van der Waals surface area contributed by atoms with Crippen LogP contribution in [0, 0.1) is 0 Å². The molecule has 1 unspecified atom stereocenters. The van der Waals surface area contributed by atoms with Gasteiger partial charge in [-0.1, -0.05) is 30.3 Å². The third-order valence-electron chi connectivity index (χ3n) is 2.96. The SMILES string of the molecule is O=C(O)CC1CC(=O)N1C(=O)NCc1ccccc1. The summed E-state index contributed by atoms with van der Waals surface area (Å²) < 4.78 is 0. The number of urea groups is 1. The predicted molar refractivity (Wildman–Crippen MR) is 66.2 cm³/mol. The molecule has 100 valence electrons. The second-order valence-electron chi connectivity index (χ2n) is 4.36. The molecule has 1 atom stereocenters. The molecule has 0 saturated carbocycles. The van der Waals surface area contributed by atoms with Gasteiger partial charge in [0.2, 0.25) is 5.91 Å². The highest BCUT2D eigenvalue weighted by molar-refractivity contribution is 6.00. The van der Waals surface area contributed by atoms with Gasteiger partial charge in [-0.15, -0.1) is 0 Å². The molecule has 2 rings (SSSR count). The lowest BCUT2D eigenvalue weighted by Crippen LogP contribution is -2.59. The third kappa shape index (κ3) is 3.09. The topological polar surface area (TPSA) is 86.7 Å². The number of amides is 3. The Balaban J connectivity index is 1.88. The van der Waals surface area contributed by atoms with Gasteiger partial charge >= 0.3 is 12.0 Å². The smallest absolute Gasteiger partial charge is 0.324 e. The van der Waals surface area contributed by atoms with Crippen molar-refractivity contribution in [2.24, 2.45) is 0 Å². The van der Waals surface area contributed by atoms with Crippen LogP contribution in [-0.2, 0) is 16.1 Å². The number of aliphatic carboxylic acids is 1. The molecule has 0 radical (unpaired) electrons. The van der Waals surface area contributed by atoms with Gasteiger partial charge in [0.15, 0.2) is 0 Å². The van der Waals surface area contributed by atoms with E-state index in [4.69, 9.17) is 5.11 Å². The van der Waals surface area contributed by atoms with E-state index in [9.17, 15) is 14.4 Å². The lowest BCUT2D eigenvalue weighted by atomic mass is 9.99. The average Bonchev–Trinajstić information content (AvgIpc) is 2.36. The summed E-state index contributed by atoms with van der Waals surface area (Å²) in [7, 11) is 0. The summed E-state index contributed by atoms with van der Waals surface area (Å²) in [6.45, 7) is 0.309. The van der Waals surface area contributed by atoms with E-state index in [0.29, 0.717) is 6.54 Å². The number of β-lactam (4-membered cyclic amide) rings is 1. The summed E-state index contributed by atoms with van der Waals surface area (Å²) in [5, 5.41) is 11.3. The van der Waals surface area contributed by atoms with Gasteiger partial charge in [-0.05, 0) is 5.56 Å². The Bertz CT molecular complexity index is 501. The number of nitrogens with zero attached hydrogens (tertiary/aromatic N) is 1. The first-order valence-corrected chi connectivity index (χ1v) is 5.93. The third-order valence-corrected chi connectivity index (χ3v) is 2.96. The first-order chi connectivity index (χ1) is 9.08. The maximum atomic E-state index is 11.8. The number of nitrogens with one attached hydrogen (secondary N) is 1. The van der Waals surface area contributed by atoms with E-state index in [1.165, 1.54) is 0 Å². The molecule has 0 spiro atoms. The Hall–Kier alpha value is -2.37. The van der Waals surface area contributed by atoms with Gasteiger partial charge in [0.05, 0.1) is 12.5 Å². The number of carboxylic acid groups (broad SMARTS) is 1. The minimum absolute atomic E-state index is 0.116. The van der Waals surface area contributed by atoms with Crippen molar-refractivity contribution in [3.05, 3.63) is 35.9 Å². The number of hydrogen-bond donors (Lipinski definition) is 2. The van der Waals surface area contributed by atoms with Crippen molar-refractivity contribution in [2.75, 3.05) is 0 Å². The van der Waals surface area contributed by atoms with E-state index in [-0.39, 0.29) is 18.7 Å². The van der Waals surface area contributed by atoms with Crippen LogP contribution in [0.3, 0.4) is 0 Å². The van der Waals surface area contributed by atoms with Crippen LogP contribution in [0.15, 0.2) is 30.3 Å². The summed E-state index contributed by atoms with van der Waals surface area (Å²) >= 11 is 0. The fraction of sp³-hybridized carbons (Fsp3) is 0.308. The van der Waals surface area contributed by atoms with Crippen molar-refractivity contribution in [2.45, 2.75) is 25.4 Å². The molecule has 0 aliphatic carbocycles. The molecule has 1 aliphatic rings. The molecule has 2 N–H and O–H groups in total. The zero-order valence-corrected chi connectivity index (χ0v) is 10.2. The van der Waals surface area contributed by atoms with E-state index < -0.39 is 18.0 Å². The predicted octanol–water partition coefficient (Wildman–Crippen LogP) is 0.972. The van der Waals surface area contributed by atoms with Gasteiger partial charge in [-0.25, -0.2) is 4.79 Å². The molecule has 3 amide bonds. The van der Waals surface area contributed by atoms with E-state index in [2.05, 4.69) is 5.32 Å². The van der Waals surface area contributed by atoms with E-state index >= 15 is 0 Å². The largest absolute Gasteiger partial charge is 0.481 e. The molecule has 6 nitrogen and oxygen atoms in total. The highest BCUT2D eigenvalue weighted by Gasteiger charge is 2.41. The molecule has 0 bridgehead atoms. The van der Waals surface area contributed by atoms with Crippen molar-refractivity contribution in [3.8, 4) is 0 Å². The second-order valence-corrected chi connectivity index (χ2v) is 4.36. The zero-order valence-electron chi connectivity index (χ0n) is 10.2. The average molecular weight is 262 g/mol. The van der Waals surface area contributed by atoms with Crippen molar-refractivity contribution in [3.63, 3.8) is 0 Å². The first-order valence-electron chi connectivity index (χ1n) is 5.93. The molecular weight excluding hydrogens is 248 g/mol. The van der Waals surface area contributed by atoms with E-state index in [0.717, 1.165) is 10.5 Å². The van der Waals surface area contributed by atoms with Crippen molar-refractivity contribution in [1.29, 1.82) is 0 Å². The standard InChI is InChI=1S/C13H14N2O4/c16-11-6-10(7-12(17)18)15(11)13(19)14-8-9-4-2-1-3-5-9/h1-5,10H,6-8H2,(H,14,19)(H,17,18). The normalized spacial score (nSPS) is 17.8. The van der Waals surface area contributed by atoms with E-state index in [1.807, 2.05) is 30.3 Å². The summed E-state index contributed by atoms with van der Waals surface area (Å²) in [5.41, 5.74) is 0.915. The number of benzene rings is 1. The molecule has 19 heavy (non-hydrogen) atoms. The minimum Gasteiger partial charge on any atom is -0.481 e. The summed E-state index contributed by atoms with van der Waals surface area (Å²) in [6.07, 6.45) is -0.0877. The van der Waals surface area contributed by atoms with Crippen LogP contribution in [0.1, 0.15) is 18.4 Å². The molecule has 1 heterocycles. The summed E-state index contributed by atoms with van der Waals surface area (Å²) in [4.78, 5) is 34.7. The Labute approximate surface area is 110 Å². The Morgan fingerprint density at radius 2 is 2.00 bits per heavy atom. The number of hydrogen-bond acceptors (Lipinski definition) is 3. The zero-order chi connectivity index (χ0) is 13.8. The fourth-order valence-electron chi connectivity index (χ4n) is 1.99. The highest BCUT2D eigenvalue weighted by Crippen LogP contribution is 2.22. The lowest BCUT2D eigenvalue weighted by molar-refractivity contribution is -0.146. The molecular formula is C13H14N2O4. The molecule has 1 aromatic carbocycles. The van der Waals surface area contributed by atoms with Gasteiger partial charge in [-0.3, -0.25) is 14.5 Å². The Morgan fingerprint density at radius 3 is 2.58 bits per heavy atom. The molecule has 1 fully saturated rings. The maximum Gasteiger partial charge on any atom is 0.324 e.